The molecule has 26 heavy (non-hydrogen) atoms. The smallest absolute Gasteiger partial charge is 0.493 e. The fourth-order valence-corrected chi connectivity index (χ4v) is 3.86. The summed E-state index contributed by atoms with van der Waals surface area (Å²) in [6.45, 7) is 0.0941. The fraction of sp³-hybridized carbons (Fsp3) is 0.438. The third-order valence-electron chi connectivity index (χ3n) is 4.02. The monoisotopic (exact) mass is 384 g/mol. The van der Waals surface area contributed by atoms with Gasteiger partial charge in [-0.25, -0.2) is 22.5 Å². The van der Waals surface area contributed by atoms with Crippen molar-refractivity contribution in [2.45, 2.75) is 11.7 Å². The molecule has 1 aromatic carbocycles. The minimum Gasteiger partial charge on any atom is -0.493 e. The maximum absolute atomic E-state index is 12.4. The standard InChI is InChI=1S/C16H22N3O6S/c1-18-10-14(15(20)19(2)16(18)21)26(22,23)17-8-7-11-5-6-12(24-3)13(9-11)25-4/h5-6,9-10,14,17H,7-8H2,1-4H3/q+1. The Morgan fingerprint density at radius 2 is 1.85 bits per heavy atom. The van der Waals surface area contributed by atoms with Crippen LogP contribution in [0.25, 0.3) is 0 Å². The number of ether oxygens (including phenoxy) is 2. The minimum absolute atomic E-state index is 0.0941. The van der Waals surface area contributed by atoms with Gasteiger partial charge in [-0.3, -0.25) is 0 Å². The number of carbonyl (C=O) groups excluding carboxylic acids is 2. The van der Waals surface area contributed by atoms with Crippen molar-refractivity contribution in [1.82, 2.24) is 9.62 Å². The molecule has 0 aliphatic carbocycles. The lowest BCUT2D eigenvalue weighted by molar-refractivity contribution is -0.399. The molecule has 1 aliphatic heterocycles. The second-order valence-corrected chi connectivity index (χ2v) is 7.63. The number of nitrogens with one attached hydrogen (secondary N) is 1. The third kappa shape index (κ3) is 4.02. The molecule has 0 aromatic heterocycles. The van der Waals surface area contributed by atoms with Gasteiger partial charge < -0.3 is 9.47 Å². The summed E-state index contributed by atoms with van der Waals surface area (Å²) in [6.07, 6.45) is 1.49. The number of nitrogens with zero attached hydrogens (tertiary/aromatic N) is 2. The highest BCUT2D eigenvalue weighted by Gasteiger charge is 2.45. The number of carbonyl (C=O) groups is 2. The van der Waals surface area contributed by atoms with Crippen molar-refractivity contribution in [3.8, 4) is 11.5 Å². The van der Waals surface area contributed by atoms with E-state index < -0.39 is 27.2 Å². The van der Waals surface area contributed by atoms with Gasteiger partial charge in [0, 0.05) is 6.54 Å². The molecule has 0 fully saturated rings. The molecule has 9 nitrogen and oxygen atoms in total. The zero-order valence-corrected chi connectivity index (χ0v) is 15.9. The summed E-state index contributed by atoms with van der Waals surface area (Å²) < 4.78 is 38.7. The van der Waals surface area contributed by atoms with Crippen molar-refractivity contribution in [3.63, 3.8) is 0 Å². The van der Waals surface area contributed by atoms with Crippen molar-refractivity contribution in [3.05, 3.63) is 23.8 Å². The number of hydrogen-bond acceptors (Lipinski definition) is 6. The maximum Gasteiger partial charge on any atom is 0.500 e. The Kier molecular flexibility index (Phi) is 5.98. The maximum atomic E-state index is 12.4. The quantitative estimate of drug-likeness (QED) is 0.655. The molecule has 0 saturated heterocycles. The number of urea groups is 1. The van der Waals surface area contributed by atoms with Crippen LogP contribution >= 0.6 is 0 Å². The van der Waals surface area contributed by atoms with Gasteiger partial charge in [0.2, 0.25) is 15.3 Å². The number of hydrogen-bond donors (Lipinski definition) is 1. The van der Waals surface area contributed by atoms with Crippen LogP contribution < -0.4 is 14.2 Å². The van der Waals surface area contributed by atoms with Crippen LogP contribution in [0.3, 0.4) is 0 Å². The topological polar surface area (TPSA) is 105 Å². The van der Waals surface area contributed by atoms with E-state index in [9.17, 15) is 18.0 Å². The second kappa shape index (κ2) is 7.83. The van der Waals surface area contributed by atoms with Crippen LogP contribution in [0.15, 0.2) is 18.2 Å². The Balaban J connectivity index is 2.07. The SMILES string of the molecule is COc1ccc(CCNS(=O)(=O)C2C=[N+](C)C(=O)N(C)C2=O)cc1OC. The van der Waals surface area contributed by atoms with E-state index in [0.717, 1.165) is 21.3 Å². The lowest BCUT2D eigenvalue weighted by atomic mass is 10.1. The number of rotatable bonds is 7. The normalized spacial score (nSPS) is 17.9. The van der Waals surface area contributed by atoms with Crippen molar-refractivity contribution >= 4 is 28.2 Å². The van der Waals surface area contributed by atoms with E-state index in [-0.39, 0.29) is 6.54 Å². The first-order valence-corrected chi connectivity index (χ1v) is 9.34. The number of methoxy groups -OCH3 is 2. The van der Waals surface area contributed by atoms with Gasteiger partial charge in [-0.15, -0.1) is 0 Å². The van der Waals surface area contributed by atoms with E-state index >= 15 is 0 Å². The average Bonchev–Trinajstić information content (AvgIpc) is 2.62. The molecule has 10 heteroatoms. The van der Waals surface area contributed by atoms with Crippen LogP contribution in [0, 0.1) is 0 Å². The van der Waals surface area contributed by atoms with Crippen molar-refractivity contribution < 1.29 is 32.1 Å². The third-order valence-corrected chi connectivity index (χ3v) is 5.62. The van der Waals surface area contributed by atoms with Gasteiger partial charge >= 0.3 is 11.9 Å². The number of amides is 3. The van der Waals surface area contributed by atoms with Crippen molar-refractivity contribution in [1.29, 1.82) is 0 Å². The molecule has 1 heterocycles. The summed E-state index contributed by atoms with van der Waals surface area (Å²) in [5, 5.41) is -1.44. The largest absolute Gasteiger partial charge is 0.500 e. The summed E-state index contributed by atoms with van der Waals surface area (Å²) in [5.74, 6) is 0.340. The molecule has 1 N–H and O–H groups in total. The molecule has 1 unspecified atom stereocenters. The summed E-state index contributed by atoms with van der Waals surface area (Å²) in [6, 6.07) is 4.71. The van der Waals surface area contributed by atoms with E-state index in [1.54, 1.807) is 18.2 Å². The minimum atomic E-state index is -3.97. The molecule has 142 valence electrons. The Bertz CT molecular complexity index is 850. The highest BCUT2D eigenvalue weighted by atomic mass is 32.2. The number of sulfonamides is 1. The summed E-state index contributed by atoms with van der Waals surface area (Å²) in [4.78, 5) is 24.6. The molecular formula is C16H22N3O6S+. The van der Waals surface area contributed by atoms with Gasteiger partial charge in [0.15, 0.2) is 11.5 Å². The Hall–Kier alpha value is -2.46. The summed E-state index contributed by atoms with van der Waals surface area (Å²) in [7, 11) is 1.73. The summed E-state index contributed by atoms with van der Waals surface area (Å²) >= 11 is 0. The van der Waals surface area contributed by atoms with E-state index in [1.807, 2.05) is 0 Å². The molecule has 2 rings (SSSR count). The molecule has 3 amide bonds. The van der Waals surface area contributed by atoms with Crippen LogP contribution in [0.1, 0.15) is 5.56 Å². The van der Waals surface area contributed by atoms with Gasteiger partial charge in [-0.05, 0) is 24.1 Å². The van der Waals surface area contributed by atoms with Crippen LogP contribution in [0.4, 0.5) is 4.79 Å². The lowest BCUT2D eigenvalue weighted by Crippen LogP contribution is -2.55. The van der Waals surface area contributed by atoms with E-state index in [4.69, 9.17) is 9.47 Å². The molecule has 1 aromatic rings. The van der Waals surface area contributed by atoms with Gasteiger partial charge in [-0.2, -0.15) is 9.69 Å². The predicted molar refractivity (Wildman–Crippen MR) is 94.4 cm³/mol. The Morgan fingerprint density at radius 1 is 1.19 bits per heavy atom. The Morgan fingerprint density at radius 3 is 2.46 bits per heavy atom. The average molecular weight is 384 g/mol. The first kappa shape index (κ1) is 19.9. The molecule has 0 spiro atoms. The molecular weight excluding hydrogens is 362 g/mol. The zero-order chi connectivity index (χ0) is 19.5. The van der Waals surface area contributed by atoms with E-state index in [0.29, 0.717) is 17.9 Å². The van der Waals surface area contributed by atoms with Crippen LogP contribution in [0.5, 0.6) is 11.5 Å². The van der Waals surface area contributed by atoms with Gasteiger partial charge in [0.25, 0.3) is 0 Å². The first-order chi connectivity index (χ1) is 12.2. The molecule has 0 bridgehead atoms. The predicted octanol–water partition coefficient (Wildman–Crippen LogP) is -0.161. The fourth-order valence-electron chi connectivity index (χ4n) is 2.53. The van der Waals surface area contributed by atoms with Crippen LogP contribution in [0.2, 0.25) is 0 Å². The molecule has 0 radical (unpaired) electrons. The molecule has 0 saturated carbocycles. The zero-order valence-electron chi connectivity index (χ0n) is 15.1. The Labute approximate surface area is 152 Å². The highest BCUT2D eigenvalue weighted by Crippen LogP contribution is 2.27. The van der Waals surface area contributed by atoms with Crippen LogP contribution in [-0.2, 0) is 21.2 Å². The van der Waals surface area contributed by atoms with Crippen LogP contribution in [-0.4, -0.2) is 76.2 Å². The number of imide groups is 1. The second-order valence-electron chi connectivity index (χ2n) is 5.74. The van der Waals surface area contributed by atoms with Crippen molar-refractivity contribution in [2.24, 2.45) is 0 Å². The summed E-state index contributed by atoms with van der Waals surface area (Å²) in [5.41, 5.74) is 0.841. The number of benzene rings is 1. The highest BCUT2D eigenvalue weighted by molar-refractivity contribution is 7.91. The van der Waals surface area contributed by atoms with Gasteiger partial charge in [-0.1, -0.05) is 6.07 Å². The first-order valence-electron chi connectivity index (χ1n) is 7.80. The van der Waals surface area contributed by atoms with E-state index in [1.165, 1.54) is 28.3 Å². The van der Waals surface area contributed by atoms with Gasteiger partial charge in [0.05, 0.1) is 28.3 Å². The van der Waals surface area contributed by atoms with E-state index in [2.05, 4.69) is 4.72 Å². The van der Waals surface area contributed by atoms with Crippen molar-refractivity contribution in [2.75, 3.05) is 34.9 Å². The molecule has 1 atom stereocenters. The van der Waals surface area contributed by atoms with Gasteiger partial charge in [0.1, 0.15) is 6.21 Å². The molecule has 1 aliphatic rings. The lowest BCUT2D eigenvalue weighted by Gasteiger charge is -2.19.